The Morgan fingerprint density at radius 1 is 1.27 bits per heavy atom. The van der Waals surface area contributed by atoms with Crippen LogP contribution < -0.4 is 5.73 Å². The maximum Gasteiger partial charge on any atom is 0.0683 e. The second-order valence-electron chi connectivity index (χ2n) is 4.44. The van der Waals surface area contributed by atoms with Gasteiger partial charge in [-0.3, -0.25) is 4.21 Å². The van der Waals surface area contributed by atoms with E-state index in [9.17, 15) is 4.21 Å². The fraction of sp³-hybridized carbons (Fsp3) is 0.909. The predicted octanol–water partition coefficient (Wildman–Crippen LogP) is 1.80. The van der Waals surface area contributed by atoms with Crippen LogP contribution in [-0.4, -0.2) is 22.3 Å². The third kappa shape index (κ3) is 8.59. The van der Waals surface area contributed by atoms with Crippen LogP contribution in [0.1, 0.15) is 39.5 Å². The zero-order valence-electron chi connectivity index (χ0n) is 9.79. The predicted molar refractivity (Wildman–Crippen MR) is 64.8 cm³/mol. The van der Waals surface area contributed by atoms with Crippen LogP contribution in [-0.2, 0) is 10.8 Å². The monoisotopic (exact) mass is 230 g/mol. The van der Waals surface area contributed by atoms with Crippen molar-refractivity contribution >= 4 is 10.8 Å². The Labute approximate surface area is 95.5 Å². The molecule has 0 aliphatic heterocycles. The fourth-order valence-corrected chi connectivity index (χ4v) is 2.45. The number of hydrogen-bond acceptors (Lipinski definition) is 3. The molecule has 0 rings (SSSR count). The van der Waals surface area contributed by atoms with Gasteiger partial charge in [0.15, 0.2) is 0 Å². The SMILES string of the molecule is CC(C)(C#N)CCCCS(=O)CCCN. The molecule has 15 heavy (non-hydrogen) atoms. The molecule has 0 saturated carbocycles. The van der Waals surface area contributed by atoms with Crippen LogP contribution in [0.4, 0.5) is 0 Å². The summed E-state index contributed by atoms with van der Waals surface area (Å²) in [5, 5.41) is 8.79. The quantitative estimate of drug-likeness (QED) is 0.647. The fourth-order valence-electron chi connectivity index (χ4n) is 1.23. The lowest BCUT2D eigenvalue weighted by Gasteiger charge is -2.13. The normalized spacial score (nSPS) is 13.5. The average molecular weight is 230 g/mol. The number of nitrogens with zero attached hydrogens (tertiary/aromatic N) is 1. The summed E-state index contributed by atoms with van der Waals surface area (Å²) in [5.74, 6) is 1.47. The number of hydrogen-bond donors (Lipinski definition) is 1. The molecule has 0 spiro atoms. The summed E-state index contributed by atoms with van der Waals surface area (Å²) in [6.07, 6.45) is 3.66. The van der Waals surface area contributed by atoms with Crippen LogP contribution in [0.2, 0.25) is 0 Å². The first-order valence-corrected chi connectivity index (χ1v) is 6.97. The lowest BCUT2D eigenvalue weighted by Crippen LogP contribution is -2.10. The summed E-state index contributed by atoms with van der Waals surface area (Å²) in [4.78, 5) is 0. The van der Waals surface area contributed by atoms with Crippen LogP contribution in [0.3, 0.4) is 0 Å². The van der Waals surface area contributed by atoms with Crippen molar-refractivity contribution < 1.29 is 4.21 Å². The van der Waals surface area contributed by atoms with Gasteiger partial charge in [-0.15, -0.1) is 0 Å². The van der Waals surface area contributed by atoms with Crippen molar-refractivity contribution in [1.82, 2.24) is 0 Å². The molecular formula is C11H22N2OS. The third-order valence-electron chi connectivity index (χ3n) is 2.30. The van der Waals surface area contributed by atoms with Gasteiger partial charge in [-0.05, 0) is 39.7 Å². The summed E-state index contributed by atoms with van der Waals surface area (Å²) in [6, 6.07) is 2.27. The maximum absolute atomic E-state index is 11.4. The van der Waals surface area contributed by atoms with Crippen LogP contribution in [0.15, 0.2) is 0 Å². The van der Waals surface area contributed by atoms with E-state index in [1.54, 1.807) is 0 Å². The van der Waals surface area contributed by atoms with Gasteiger partial charge in [-0.2, -0.15) is 5.26 Å². The van der Waals surface area contributed by atoms with E-state index in [4.69, 9.17) is 11.0 Å². The Morgan fingerprint density at radius 2 is 1.87 bits per heavy atom. The molecule has 0 heterocycles. The van der Waals surface area contributed by atoms with Crippen LogP contribution in [0.5, 0.6) is 0 Å². The van der Waals surface area contributed by atoms with Gasteiger partial charge in [0.25, 0.3) is 0 Å². The first kappa shape index (κ1) is 14.6. The summed E-state index contributed by atoms with van der Waals surface area (Å²) in [5.41, 5.74) is 5.10. The van der Waals surface area contributed by atoms with Crippen LogP contribution in [0.25, 0.3) is 0 Å². The second-order valence-corrected chi connectivity index (χ2v) is 6.14. The van der Waals surface area contributed by atoms with Gasteiger partial charge < -0.3 is 5.73 Å². The molecule has 0 radical (unpaired) electrons. The molecule has 0 bridgehead atoms. The van der Waals surface area contributed by atoms with Crippen molar-refractivity contribution in [1.29, 1.82) is 5.26 Å². The van der Waals surface area contributed by atoms with Gasteiger partial charge in [0.2, 0.25) is 0 Å². The van der Waals surface area contributed by atoms with Crippen LogP contribution in [0, 0.1) is 16.7 Å². The van der Waals surface area contributed by atoms with Crippen molar-refractivity contribution in [3.8, 4) is 6.07 Å². The highest BCUT2D eigenvalue weighted by Crippen LogP contribution is 2.21. The first-order chi connectivity index (χ1) is 7.02. The first-order valence-electron chi connectivity index (χ1n) is 5.48. The molecule has 0 amide bonds. The number of rotatable bonds is 8. The number of unbranched alkanes of at least 4 members (excludes halogenated alkanes) is 1. The van der Waals surface area contributed by atoms with Crippen molar-refractivity contribution in [2.24, 2.45) is 11.1 Å². The summed E-state index contributed by atoms with van der Waals surface area (Å²) < 4.78 is 11.4. The summed E-state index contributed by atoms with van der Waals surface area (Å²) >= 11 is 0. The zero-order valence-corrected chi connectivity index (χ0v) is 10.6. The van der Waals surface area contributed by atoms with Crippen molar-refractivity contribution in [3.05, 3.63) is 0 Å². The Morgan fingerprint density at radius 3 is 2.40 bits per heavy atom. The van der Waals surface area contributed by atoms with E-state index in [1.807, 2.05) is 13.8 Å². The molecule has 1 atom stereocenters. The minimum Gasteiger partial charge on any atom is -0.330 e. The molecule has 3 nitrogen and oxygen atoms in total. The van der Waals surface area contributed by atoms with E-state index in [-0.39, 0.29) is 5.41 Å². The minimum atomic E-state index is -0.713. The highest BCUT2D eigenvalue weighted by atomic mass is 32.2. The van der Waals surface area contributed by atoms with Crippen molar-refractivity contribution in [2.75, 3.05) is 18.1 Å². The third-order valence-corrected chi connectivity index (χ3v) is 3.79. The van der Waals surface area contributed by atoms with E-state index in [0.29, 0.717) is 6.54 Å². The van der Waals surface area contributed by atoms with Gasteiger partial charge in [0, 0.05) is 22.3 Å². The summed E-state index contributed by atoms with van der Waals surface area (Å²) in [6.45, 7) is 4.50. The Bertz CT molecular complexity index is 233. The molecule has 1 unspecified atom stereocenters. The highest BCUT2D eigenvalue weighted by Gasteiger charge is 2.15. The average Bonchev–Trinajstić information content (AvgIpc) is 2.21. The molecule has 0 saturated heterocycles. The molecular weight excluding hydrogens is 208 g/mol. The molecule has 0 aromatic heterocycles. The zero-order chi connectivity index (χ0) is 11.7. The van der Waals surface area contributed by atoms with Crippen molar-refractivity contribution in [2.45, 2.75) is 39.5 Å². The Kier molecular flexibility index (Phi) is 7.63. The molecule has 0 aromatic rings. The van der Waals surface area contributed by atoms with E-state index in [2.05, 4.69) is 6.07 Å². The Hall–Kier alpha value is -0.400. The highest BCUT2D eigenvalue weighted by molar-refractivity contribution is 7.84. The Balaban J connectivity index is 3.47. The van der Waals surface area contributed by atoms with Gasteiger partial charge in [-0.1, -0.05) is 6.42 Å². The van der Waals surface area contributed by atoms with E-state index in [1.165, 1.54) is 0 Å². The molecule has 0 aliphatic carbocycles. The minimum absolute atomic E-state index is 0.237. The number of nitrogens with two attached hydrogens (primary N) is 1. The molecule has 0 aromatic carbocycles. The molecule has 4 heteroatoms. The smallest absolute Gasteiger partial charge is 0.0683 e. The van der Waals surface area contributed by atoms with Gasteiger partial charge in [0.05, 0.1) is 11.5 Å². The second kappa shape index (κ2) is 7.84. The van der Waals surface area contributed by atoms with E-state index >= 15 is 0 Å². The van der Waals surface area contributed by atoms with Gasteiger partial charge in [-0.25, -0.2) is 0 Å². The summed E-state index contributed by atoms with van der Waals surface area (Å²) in [7, 11) is -0.713. The van der Waals surface area contributed by atoms with E-state index in [0.717, 1.165) is 37.2 Å². The van der Waals surface area contributed by atoms with Crippen LogP contribution >= 0.6 is 0 Å². The molecule has 0 fully saturated rings. The van der Waals surface area contributed by atoms with Gasteiger partial charge in [0.1, 0.15) is 0 Å². The number of nitriles is 1. The molecule has 0 aliphatic rings. The molecule has 2 N–H and O–H groups in total. The topological polar surface area (TPSA) is 66.9 Å². The van der Waals surface area contributed by atoms with Crippen molar-refractivity contribution in [3.63, 3.8) is 0 Å². The van der Waals surface area contributed by atoms with Gasteiger partial charge >= 0.3 is 0 Å². The molecule has 88 valence electrons. The van der Waals surface area contributed by atoms with E-state index < -0.39 is 10.8 Å². The maximum atomic E-state index is 11.4. The standard InChI is InChI=1S/C11H22N2OS/c1-11(2,10-13)6-3-4-8-15(14)9-5-7-12/h3-9,12H2,1-2H3. The largest absolute Gasteiger partial charge is 0.330 e. The lowest BCUT2D eigenvalue weighted by molar-refractivity contribution is 0.432. The lowest BCUT2D eigenvalue weighted by atomic mass is 9.89.